The third-order valence-electron chi connectivity index (χ3n) is 1.77. The summed E-state index contributed by atoms with van der Waals surface area (Å²) < 4.78 is 18.0. The molecule has 0 heterocycles. The standard InChI is InChI=1S/C10H12ClFN2O2/c1-16-5-4-13-10(15)14-9-3-2-7(11)6-8(9)12/h2-3,6H,4-5H2,1H3,(H2,13,14,15). The molecular weight excluding hydrogens is 235 g/mol. The van der Waals surface area contributed by atoms with Gasteiger partial charge in [-0.25, -0.2) is 9.18 Å². The first-order valence-electron chi connectivity index (χ1n) is 4.62. The van der Waals surface area contributed by atoms with Crippen LogP contribution in [0.5, 0.6) is 0 Å². The Kier molecular flexibility index (Phi) is 5.01. The molecule has 2 N–H and O–H groups in total. The summed E-state index contributed by atoms with van der Waals surface area (Å²) in [6, 6.07) is 3.54. The van der Waals surface area contributed by atoms with Gasteiger partial charge < -0.3 is 15.4 Å². The molecule has 0 aliphatic heterocycles. The van der Waals surface area contributed by atoms with E-state index in [1.807, 2.05) is 0 Å². The predicted molar refractivity (Wildman–Crippen MR) is 60.3 cm³/mol. The Labute approximate surface area is 97.7 Å². The Bertz CT molecular complexity index is 374. The van der Waals surface area contributed by atoms with Crippen LogP contribution in [0.1, 0.15) is 0 Å². The number of hydrogen-bond donors (Lipinski definition) is 2. The summed E-state index contributed by atoms with van der Waals surface area (Å²) in [7, 11) is 1.53. The highest BCUT2D eigenvalue weighted by Gasteiger charge is 2.06. The first-order chi connectivity index (χ1) is 7.63. The third kappa shape index (κ3) is 4.04. The van der Waals surface area contributed by atoms with Crippen molar-refractivity contribution in [3.8, 4) is 0 Å². The van der Waals surface area contributed by atoms with Crippen LogP contribution >= 0.6 is 11.6 Å². The summed E-state index contributed by atoms with van der Waals surface area (Å²) in [5.41, 5.74) is 0.0827. The maximum Gasteiger partial charge on any atom is 0.319 e. The van der Waals surface area contributed by atoms with E-state index in [9.17, 15) is 9.18 Å². The van der Waals surface area contributed by atoms with Crippen LogP contribution in [0.4, 0.5) is 14.9 Å². The first-order valence-corrected chi connectivity index (χ1v) is 5.00. The minimum absolute atomic E-state index is 0.0827. The van der Waals surface area contributed by atoms with Gasteiger partial charge in [-0.05, 0) is 18.2 Å². The van der Waals surface area contributed by atoms with Gasteiger partial charge in [0.15, 0.2) is 0 Å². The summed E-state index contributed by atoms with van der Waals surface area (Å²) in [5.74, 6) is -0.575. The second kappa shape index (κ2) is 6.30. The fourth-order valence-corrected chi connectivity index (χ4v) is 1.18. The van der Waals surface area contributed by atoms with Crippen LogP contribution in [0.3, 0.4) is 0 Å². The van der Waals surface area contributed by atoms with Gasteiger partial charge in [-0.1, -0.05) is 11.6 Å². The van der Waals surface area contributed by atoms with E-state index in [0.29, 0.717) is 13.2 Å². The van der Waals surface area contributed by atoms with Crippen LogP contribution < -0.4 is 10.6 Å². The summed E-state index contributed by atoms with van der Waals surface area (Å²) in [6.07, 6.45) is 0. The van der Waals surface area contributed by atoms with Gasteiger partial charge in [0.05, 0.1) is 12.3 Å². The van der Waals surface area contributed by atoms with E-state index in [1.54, 1.807) is 0 Å². The molecule has 0 saturated heterocycles. The number of rotatable bonds is 4. The fourth-order valence-electron chi connectivity index (χ4n) is 1.02. The molecule has 6 heteroatoms. The normalized spacial score (nSPS) is 9.94. The number of nitrogens with one attached hydrogen (secondary N) is 2. The molecule has 2 amide bonds. The number of halogens is 2. The molecule has 16 heavy (non-hydrogen) atoms. The SMILES string of the molecule is COCCNC(=O)Nc1ccc(Cl)cc1F. The first kappa shape index (κ1) is 12.7. The Morgan fingerprint density at radius 3 is 2.94 bits per heavy atom. The lowest BCUT2D eigenvalue weighted by atomic mass is 10.3. The van der Waals surface area contributed by atoms with Crippen molar-refractivity contribution in [2.75, 3.05) is 25.6 Å². The van der Waals surface area contributed by atoms with Gasteiger partial charge in [0.25, 0.3) is 0 Å². The molecule has 0 radical (unpaired) electrons. The number of carbonyl (C=O) groups excluding carboxylic acids is 1. The van der Waals surface area contributed by atoms with Crippen LogP contribution in [-0.4, -0.2) is 26.3 Å². The van der Waals surface area contributed by atoms with E-state index >= 15 is 0 Å². The Balaban J connectivity index is 2.49. The fraction of sp³-hybridized carbons (Fsp3) is 0.300. The molecule has 0 bridgehead atoms. The zero-order chi connectivity index (χ0) is 12.0. The summed E-state index contributed by atoms with van der Waals surface area (Å²) in [6.45, 7) is 0.758. The highest BCUT2D eigenvalue weighted by Crippen LogP contribution is 2.18. The molecule has 4 nitrogen and oxygen atoms in total. The second-order valence-electron chi connectivity index (χ2n) is 3.00. The van der Waals surface area contributed by atoms with Crippen molar-refractivity contribution in [2.24, 2.45) is 0 Å². The second-order valence-corrected chi connectivity index (χ2v) is 3.43. The number of anilines is 1. The van der Waals surface area contributed by atoms with Crippen molar-refractivity contribution in [3.05, 3.63) is 29.0 Å². The Morgan fingerprint density at radius 1 is 1.56 bits per heavy atom. The van der Waals surface area contributed by atoms with Crippen molar-refractivity contribution >= 4 is 23.3 Å². The van der Waals surface area contributed by atoms with Crippen molar-refractivity contribution in [1.82, 2.24) is 5.32 Å². The molecule has 0 atom stereocenters. The van der Waals surface area contributed by atoms with Crippen LogP contribution in [-0.2, 0) is 4.74 Å². The molecule has 0 aliphatic rings. The molecule has 1 aromatic carbocycles. The molecule has 1 rings (SSSR count). The maximum atomic E-state index is 13.2. The Hall–Kier alpha value is -1.33. The molecule has 0 aliphatic carbocycles. The van der Waals surface area contributed by atoms with Gasteiger partial charge in [0, 0.05) is 18.7 Å². The number of amides is 2. The van der Waals surface area contributed by atoms with Gasteiger partial charge in [-0.2, -0.15) is 0 Å². The Morgan fingerprint density at radius 2 is 2.31 bits per heavy atom. The summed E-state index contributed by atoms with van der Waals surface area (Å²) in [4.78, 5) is 11.2. The quantitative estimate of drug-likeness (QED) is 0.801. The molecule has 0 saturated carbocycles. The van der Waals surface area contributed by atoms with Crippen molar-refractivity contribution in [3.63, 3.8) is 0 Å². The van der Waals surface area contributed by atoms with E-state index in [-0.39, 0.29) is 10.7 Å². The van der Waals surface area contributed by atoms with E-state index in [1.165, 1.54) is 19.2 Å². The van der Waals surface area contributed by atoms with Crippen molar-refractivity contribution < 1.29 is 13.9 Å². The van der Waals surface area contributed by atoms with Crippen LogP contribution in [0, 0.1) is 5.82 Å². The minimum atomic E-state index is -0.575. The number of benzene rings is 1. The number of methoxy groups -OCH3 is 1. The van der Waals surface area contributed by atoms with Gasteiger partial charge in [0.1, 0.15) is 5.82 Å². The van der Waals surface area contributed by atoms with Crippen LogP contribution in [0.15, 0.2) is 18.2 Å². The molecule has 0 spiro atoms. The average molecular weight is 247 g/mol. The molecular formula is C10H12ClFN2O2. The zero-order valence-corrected chi connectivity index (χ0v) is 9.47. The molecule has 1 aromatic rings. The lowest BCUT2D eigenvalue weighted by Crippen LogP contribution is -2.31. The molecule has 0 fully saturated rings. The number of hydrogen-bond acceptors (Lipinski definition) is 2. The zero-order valence-electron chi connectivity index (χ0n) is 8.72. The minimum Gasteiger partial charge on any atom is -0.383 e. The lowest BCUT2D eigenvalue weighted by Gasteiger charge is -2.07. The van der Waals surface area contributed by atoms with E-state index < -0.39 is 11.8 Å². The third-order valence-corrected chi connectivity index (χ3v) is 2.01. The smallest absolute Gasteiger partial charge is 0.319 e. The number of carbonyl (C=O) groups is 1. The highest BCUT2D eigenvalue weighted by molar-refractivity contribution is 6.30. The van der Waals surface area contributed by atoms with Gasteiger partial charge in [-0.15, -0.1) is 0 Å². The highest BCUT2D eigenvalue weighted by atomic mass is 35.5. The number of urea groups is 1. The maximum absolute atomic E-state index is 13.2. The molecule has 0 unspecified atom stereocenters. The summed E-state index contributed by atoms with van der Waals surface area (Å²) >= 11 is 5.57. The van der Waals surface area contributed by atoms with E-state index in [0.717, 1.165) is 6.07 Å². The van der Waals surface area contributed by atoms with Gasteiger partial charge >= 0.3 is 6.03 Å². The topological polar surface area (TPSA) is 50.4 Å². The molecule has 0 aromatic heterocycles. The van der Waals surface area contributed by atoms with Crippen molar-refractivity contribution in [2.45, 2.75) is 0 Å². The monoisotopic (exact) mass is 246 g/mol. The largest absolute Gasteiger partial charge is 0.383 e. The van der Waals surface area contributed by atoms with Gasteiger partial charge in [-0.3, -0.25) is 0 Å². The van der Waals surface area contributed by atoms with Crippen LogP contribution in [0.2, 0.25) is 5.02 Å². The van der Waals surface area contributed by atoms with Crippen molar-refractivity contribution in [1.29, 1.82) is 0 Å². The van der Waals surface area contributed by atoms with Gasteiger partial charge in [0.2, 0.25) is 0 Å². The van der Waals surface area contributed by atoms with Crippen LogP contribution in [0.25, 0.3) is 0 Å². The lowest BCUT2D eigenvalue weighted by molar-refractivity contribution is 0.198. The van der Waals surface area contributed by atoms with E-state index in [4.69, 9.17) is 16.3 Å². The predicted octanol–water partition coefficient (Wildman–Crippen LogP) is 2.25. The van der Waals surface area contributed by atoms with E-state index in [2.05, 4.69) is 10.6 Å². The summed E-state index contributed by atoms with van der Waals surface area (Å²) in [5, 5.41) is 5.14. The number of ether oxygens (including phenoxy) is 1. The molecule has 88 valence electrons. The average Bonchev–Trinajstić information content (AvgIpc) is 2.23.